The van der Waals surface area contributed by atoms with E-state index in [2.05, 4.69) is 5.32 Å². The van der Waals surface area contributed by atoms with E-state index in [1.807, 2.05) is 7.05 Å². The summed E-state index contributed by atoms with van der Waals surface area (Å²) in [4.78, 5) is 10.7. The first-order valence-corrected chi connectivity index (χ1v) is 3.82. The van der Waals surface area contributed by atoms with E-state index in [9.17, 15) is 4.79 Å². The second kappa shape index (κ2) is 3.69. The first-order chi connectivity index (χ1) is 5.24. The summed E-state index contributed by atoms with van der Waals surface area (Å²) >= 11 is 0. The lowest BCUT2D eigenvalue weighted by Gasteiger charge is -2.27. The van der Waals surface area contributed by atoms with Gasteiger partial charge in [0.1, 0.15) is 6.10 Å². The fourth-order valence-electron chi connectivity index (χ4n) is 1.26. The van der Waals surface area contributed by atoms with Gasteiger partial charge in [-0.25, -0.2) is 0 Å². The fourth-order valence-corrected chi connectivity index (χ4v) is 1.26. The van der Waals surface area contributed by atoms with Crippen LogP contribution in [0.15, 0.2) is 0 Å². The van der Waals surface area contributed by atoms with E-state index in [4.69, 9.17) is 10.5 Å². The molecular formula is C7H14N2O2. The average molecular weight is 158 g/mol. The standard InChI is InChI=1S/C7H14N2O2/c1-9-5-2-3-11-6(4-5)7(8)10/h5-6,9H,2-4H2,1H3,(H2,8,10). The average Bonchev–Trinajstić information content (AvgIpc) is 2.05. The van der Waals surface area contributed by atoms with Gasteiger partial charge < -0.3 is 15.8 Å². The molecule has 1 rings (SSSR count). The largest absolute Gasteiger partial charge is 0.368 e. The number of rotatable bonds is 2. The Bertz CT molecular complexity index is 149. The lowest BCUT2D eigenvalue weighted by atomic mass is 10.0. The summed E-state index contributed by atoms with van der Waals surface area (Å²) in [6.07, 6.45) is 1.27. The molecule has 4 heteroatoms. The molecule has 0 spiro atoms. The summed E-state index contributed by atoms with van der Waals surface area (Å²) in [5.74, 6) is -0.357. The summed E-state index contributed by atoms with van der Waals surface area (Å²) in [5.41, 5.74) is 5.09. The van der Waals surface area contributed by atoms with Crippen LogP contribution in [0.3, 0.4) is 0 Å². The minimum absolute atomic E-state index is 0.357. The molecule has 1 aliphatic rings. The van der Waals surface area contributed by atoms with Gasteiger partial charge >= 0.3 is 0 Å². The number of amides is 1. The van der Waals surface area contributed by atoms with Crippen molar-refractivity contribution in [1.29, 1.82) is 0 Å². The Morgan fingerprint density at radius 1 is 1.73 bits per heavy atom. The molecule has 1 heterocycles. The molecule has 11 heavy (non-hydrogen) atoms. The Kier molecular flexibility index (Phi) is 2.84. The summed E-state index contributed by atoms with van der Waals surface area (Å²) < 4.78 is 5.16. The highest BCUT2D eigenvalue weighted by atomic mass is 16.5. The van der Waals surface area contributed by atoms with E-state index in [-0.39, 0.29) is 12.0 Å². The van der Waals surface area contributed by atoms with Crippen LogP contribution in [-0.4, -0.2) is 31.7 Å². The van der Waals surface area contributed by atoms with Crippen LogP contribution in [0.25, 0.3) is 0 Å². The van der Waals surface area contributed by atoms with Crippen molar-refractivity contribution in [3.05, 3.63) is 0 Å². The first kappa shape index (κ1) is 8.49. The number of hydrogen-bond acceptors (Lipinski definition) is 3. The van der Waals surface area contributed by atoms with Crippen molar-refractivity contribution in [2.24, 2.45) is 5.73 Å². The molecule has 1 aliphatic heterocycles. The van der Waals surface area contributed by atoms with Gasteiger partial charge in [-0.2, -0.15) is 0 Å². The van der Waals surface area contributed by atoms with Crippen LogP contribution >= 0.6 is 0 Å². The van der Waals surface area contributed by atoms with Crippen molar-refractivity contribution < 1.29 is 9.53 Å². The molecule has 1 amide bonds. The molecule has 0 aromatic rings. The van der Waals surface area contributed by atoms with Crippen molar-refractivity contribution in [1.82, 2.24) is 5.32 Å². The number of nitrogens with one attached hydrogen (secondary N) is 1. The summed E-state index contributed by atoms with van der Waals surface area (Å²) in [7, 11) is 1.88. The Hall–Kier alpha value is -0.610. The van der Waals surface area contributed by atoms with Gasteiger partial charge in [-0.15, -0.1) is 0 Å². The maximum Gasteiger partial charge on any atom is 0.246 e. The minimum atomic E-state index is -0.388. The molecule has 4 nitrogen and oxygen atoms in total. The molecule has 3 N–H and O–H groups in total. The summed E-state index contributed by atoms with van der Waals surface area (Å²) in [5, 5.41) is 3.10. The first-order valence-electron chi connectivity index (χ1n) is 3.82. The van der Waals surface area contributed by atoms with Gasteiger partial charge in [-0.3, -0.25) is 4.79 Å². The zero-order valence-corrected chi connectivity index (χ0v) is 6.67. The predicted molar refractivity (Wildman–Crippen MR) is 41.0 cm³/mol. The molecule has 2 atom stereocenters. The van der Waals surface area contributed by atoms with E-state index in [1.165, 1.54) is 0 Å². The molecule has 0 aromatic heterocycles. The monoisotopic (exact) mass is 158 g/mol. The normalized spacial score (nSPS) is 31.7. The third-order valence-electron chi connectivity index (χ3n) is 2.01. The van der Waals surface area contributed by atoms with Gasteiger partial charge in [0.25, 0.3) is 0 Å². The van der Waals surface area contributed by atoms with Gasteiger partial charge in [0.2, 0.25) is 5.91 Å². The number of carbonyl (C=O) groups excluding carboxylic acids is 1. The van der Waals surface area contributed by atoms with Gasteiger partial charge in [0, 0.05) is 12.6 Å². The SMILES string of the molecule is CNC1CCOC(C(N)=O)C1. The van der Waals surface area contributed by atoms with Crippen LogP contribution in [0.2, 0.25) is 0 Å². The molecule has 0 saturated carbocycles. The Balaban J connectivity index is 2.39. The van der Waals surface area contributed by atoms with Crippen molar-refractivity contribution in [3.63, 3.8) is 0 Å². The second-order valence-corrected chi connectivity index (χ2v) is 2.77. The van der Waals surface area contributed by atoms with Crippen LogP contribution in [0.5, 0.6) is 0 Å². The van der Waals surface area contributed by atoms with E-state index in [0.29, 0.717) is 19.1 Å². The third kappa shape index (κ3) is 2.17. The second-order valence-electron chi connectivity index (χ2n) is 2.77. The van der Waals surface area contributed by atoms with Crippen molar-refractivity contribution >= 4 is 5.91 Å². The third-order valence-corrected chi connectivity index (χ3v) is 2.01. The van der Waals surface area contributed by atoms with E-state index in [0.717, 1.165) is 6.42 Å². The highest BCUT2D eigenvalue weighted by Crippen LogP contribution is 2.12. The maximum absolute atomic E-state index is 10.7. The highest BCUT2D eigenvalue weighted by Gasteiger charge is 2.24. The lowest BCUT2D eigenvalue weighted by Crippen LogP contribution is -2.43. The Morgan fingerprint density at radius 2 is 2.45 bits per heavy atom. The van der Waals surface area contributed by atoms with Crippen molar-refractivity contribution in [2.45, 2.75) is 25.0 Å². The molecule has 0 aromatic carbocycles. The number of carbonyl (C=O) groups is 1. The maximum atomic E-state index is 10.7. The molecule has 2 unspecified atom stereocenters. The number of hydrogen-bond donors (Lipinski definition) is 2. The molecule has 1 fully saturated rings. The number of primary amides is 1. The molecule has 0 aliphatic carbocycles. The number of nitrogens with two attached hydrogens (primary N) is 1. The van der Waals surface area contributed by atoms with Gasteiger partial charge in [0.05, 0.1) is 0 Å². The quantitative estimate of drug-likeness (QED) is 0.555. The molecule has 1 saturated heterocycles. The fraction of sp³-hybridized carbons (Fsp3) is 0.857. The lowest BCUT2D eigenvalue weighted by molar-refractivity contribution is -0.132. The molecule has 0 radical (unpaired) electrons. The predicted octanol–water partition coefficient (Wildman–Crippen LogP) is -0.761. The molecular weight excluding hydrogens is 144 g/mol. The molecule has 0 bridgehead atoms. The Labute approximate surface area is 66.1 Å². The van der Waals surface area contributed by atoms with Crippen LogP contribution in [-0.2, 0) is 9.53 Å². The van der Waals surface area contributed by atoms with E-state index in [1.54, 1.807) is 0 Å². The van der Waals surface area contributed by atoms with Crippen LogP contribution in [0, 0.1) is 0 Å². The topological polar surface area (TPSA) is 64.3 Å². The summed E-state index contributed by atoms with van der Waals surface area (Å²) in [6.45, 7) is 0.624. The minimum Gasteiger partial charge on any atom is -0.368 e. The van der Waals surface area contributed by atoms with Crippen molar-refractivity contribution in [3.8, 4) is 0 Å². The molecule has 64 valence electrons. The van der Waals surface area contributed by atoms with Crippen LogP contribution < -0.4 is 11.1 Å². The zero-order valence-electron chi connectivity index (χ0n) is 6.67. The summed E-state index contributed by atoms with van der Waals surface area (Å²) in [6, 6.07) is 0.376. The van der Waals surface area contributed by atoms with Crippen molar-refractivity contribution in [2.75, 3.05) is 13.7 Å². The van der Waals surface area contributed by atoms with Crippen LogP contribution in [0.4, 0.5) is 0 Å². The number of ether oxygens (including phenoxy) is 1. The van der Waals surface area contributed by atoms with Gasteiger partial charge in [-0.05, 0) is 19.9 Å². The van der Waals surface area contributed by atoms with Crippen LogP contribution in [0.1, 0.15) is 12.8 Å². The van der Waals surface area contributed by atoms with E-state index < -0.39 is 0 Å². The van der Waals surface area contributed by atoms with E-state index >= 15 is 0 Å². The Morgan fingerprint density at radius 3 is 3.00 bits per heavy atom. The zero-order chi connectivity index (χ0) is 8.27. The van der Waals surface area contributed by atoms with Gasteiger partial charge in [0.15, 0.2) is 0 Å². The smallest absolute Gasteiger partial charge is 0.246 e. The van der Waals surface area contributed by atoms with Gasteiger partial charge in [-0.1, -0.05) is 0 Å². The highest BCUT2D eigenvalue weighted by molar-refractivity contribution is 5.78.